The third-order valence-corrected chi connectivity index (χ3v) is 1.23. The number of aromatic nitrogens is 1. The molecule has 1 aromatic rings. The van der Waals surface area contributed by atoms with Gasteiger partial charge in [-0.1, -0.05) is 25.4 Å². The van der Waals surface area contributed by atoms with Crippen LogP contribution in [0.2, 0.25) is 5.02 Å². The van der Waals surface area contributed by atoms with E-state index in [0.29, 0.717) is 10.7 Å². The maximum Gasteiger partial charge on any atom is 0.138 e. The number of aryl methyl sites for hydroxylation is 1. The molecule has 0 unspecified atom stereocenters. The predicted molar refractivity (Wildman–Crippen MR) is 47.0 cm³/mol. The van der Waals surface area contributed by atoms with Gasteiger partial charge in [0, 0.05) is 12.3 Å². The van der Waals surface area contributed by atoms with Gasteiger partial charge < -0.3 is 5.11 Å². The molecule has 0 amide bonds. The number of pyridine rings is 1. The smallest absolute Gasteiger partial charge is 0.138 e. The number of halogens is 1. The van der Waals surface area contributed by atoms with E-state index in [1.165, 1.54) is 12.3 Å². The van der Waals surface area contributed by atoms with Gasteiger partial charge in [-0.05, 0) is 6.92 Å². The lowest BCUT2D eigenvalue weighted by molar-refractivity contribution is 0.467. The molecule has 0 atom stereocenters. The molecule has 0 spiro atoms. The van der Waals surface area contributed by atoms with Crippen LogP contribution in [-0.2, 0) is 0 Å². The van der Waals surface area contributed by atoms with Crippen molar-refractivity contribution in [3.63, 3.8) is 0 Å². The molecule has 0 aliphatic carbocycles. The Hall–Kier alpha value is -0.760. The van der Waals surface area contributed by atoms with Crippen molar-refractivity contribution in [1.29, 1.82) is 0 Å². The van der Waals surface area contributed by atoms with Gasteiger partial charge in [0.05, 0.1) is 10.7 Å². The summed E-state index contributed by atoms with van der Waals surface area (Å²) in [6, 6.07) is 1.46. The largest absolute Gasteiger partial charge is 0.506 e. The Kier molecular flexibility index (Phi) is 4.62. The van der Waals surface area contributed by atoms with Gasteiger partial charge in [0.2, 0.25) is 0 Å². The van der Waals surface area contributed by atoms with Crippen LogP contribution in [0.5, 0.6) is 5.75 Å². The van der Waals surface area contributed by atoms with E-state index < -0.39 is 0 Å². The van der Waals surface area contributed by atoms with Gasteiger partial charge in [0.15, 0.2) is 0 Å². The molecule has 0 aromatic carbocycles. The molecule has 0 aliphatic heterocycles. The van der Waals surface area contributed by atoms with Crippen LogP contribution < -0.4 is 0 Å². The number of rotatable bonds is 0. The molecule has 2 nitrogen and oxygen atoms in total. The second kappa shape index (κ2) is 4.97. The molecule has 3 heteroatoms. The van der Waals surface area contributed by atoms with Crippen LogP contribution in [0.25, 0.3) is 0 Å². The third kappa shape index (κ3) is 3.23. The van der Waals surface area contributed by atoms with Gasteiger partial charge >= 0.3 is 0 Å². The van der Waals surface area contributed by atoms with E-state index in [9.17, 15) is 0 Å². The Morgan fingerprint density at radius 2 is 2.00 bits per heavy atom. The van der Waals surface area contributed by atoms with Crippen LogP contribution in [0.3, 0.4) is 0 Å². The van der Waals surface area contributed by atoms with E-state index in [1.807, 2.05) is 13.8 Å². The van der Waals surface area contributed by atoms with E-state index in [4.69, 9.17) is 16.7 Å². The standard InChI is InChI=1S/C6H6ClNO.C2H6/c1-4-6(9)2-5(7)3-8-4;1-2/h2-3,9H,1H3;1-2H3. The average Bonchev–Trinajstić information content (AvgIpc) is 2.02. The summed E-state index contributed by atoms with van der Waals surface area (Å²) in [5, 5.41) is 9.41. The zero-order valence-corrected chi connectivity index (χ0v) is 7.68. The summed E-state index contributed by atoms with van der Waals surface area (Å²) in [7, 11) is 0. The molecule has 62 valence electrons. The van der Waals surface area contributed by atoms with Crippen molar-refractivity contribution in [2.45, 2.75) is 20.8 Å². The molecule has 11 heavy (non-hydrogen) atoms. The van der Waals surface area contributed by atoms with Gasteiger partial charge in [-0.3, -0.25) is 4.98 Å². The molecule has 1 aromatic heterocycles. The number of aromatic hydroxyl groups is 1. The number of nitrogens with zero attached hydrogens (tertiary/aromatic N) is 1. The normalized spacial score (nSPS) is 8.36. The molecule has 0 saturated carbocycles. The Bertz CT molecular complexity index is 225. The number of hydrogen-bond acceptors (Lipinski definition) is 2. The summed E-state index contributed by atoms with van der Waals surface area (Å²) >= 11 is 5.49. The first-order chi connectivity index (χ1) is 5.20. The fourth-order valence-electron chi connectivity index (χ4n) is 0.497. The van der Waals surface area contributed by atoms with Gasteiger partial charge in [0.25, 0.3) is 0 Å². The lowest BCUT2D eigenvalue weighted by Crippen LogP contribution is -1.78. The van der Waals surface area contributed by atoms with E-state index >= 15 is 0 Å². The third-order valence-electron chi connectivity index (χ3n) is 1.03. The van der Waals surface area contributed by atoms with E-state index in [2.05, 4.69) is 4.98 Å². The molecular weight excluding hydrogens is 162 g/mol. The Morgan fingerprint density at radius 1 is 1.45 bits per heavy atom. The first-order valence-corrected chi connectivity index (χ1v) is 3.89. The maximum absolute atomic E-state index is 8.95. The van der Waals surface area contributed by atoms with Crippen molar-refractivity contribution in [1.82, 2.24) is 4.98 Å². The van der Waals surface area contributed by atoms with Crippen molar-refractivity contribution in [3.05, 3.63) is 23.0 Å². The van der Waals surface area contributed by atoms with E-state index in [-0.39, 0.29) is 5.75 Å². The molecule has 1 rings (SSSR count). The molecule has 0 aliphatic rings. The van der Waals surface area contributed by atoms with Crippen LogP contribution in [0.1, 0.15) is 19.5 Å². The van der Waals surface area contributed by atoms with E-state index in [1.54, 1.807) is 6.92 Å². The highest BCUT2D eigenvalue weighted by atomic mass is 35.5. The van der Waals surface area contributed by atoms with Crippen molar-refractivity contribution in [2.24, 2.45) is 0 Å². The van der Waals surface area contributed by atoms with Crippen LogP contribution >= 0.6 is 11.6 Å². The van der Waals surface area contributed by atoms with Gasteiger partial charge in [0.1, 0.15) is 5.75 Å². The van der Waals surface area contributed by atoms with Crippen molar-refractivity contribution >= 4 is 11.6 Å². The van der Waals surface area contributed by atoms with Gasteiger partial charge in [-0.15, -0.1) is 0 Å². The quantitative estimate of drug-likeness (QED) is 0.655. The Balaban J connectivity index is 0.000000461. The first-order valence-electron chi connectivity index (χ1n) is 3.51. The predicted octanol–water partition coefficient (Wildman–Crippen LogP) is 2.78. The summed E-state index contributed by atoms with van der Waals surface area (Å²) < 4.78 is 0. The van der Waals surface area contributed by atoms with Crippen LogP contribution in [0.4, 0.5) is 0 Å². The van der Waals surface area contributed by atoms with Crippen molar-refractivity contribution < 1.29 is 5.11 Å². The Morgan fingerprint density at radius 3 is 2.36 bits per heavy atom. The van der Waals surface area contributed by atoms with E-state index in [0.717, 1.165) is 0 Å². The van der Waals surface area contributed by atoms with Gasteiger partial charge in [-0.25, -0.2) is 0 Å². The minimum absolute atomic E-state index is 0.141. The van der Waals surface area contributed by atoms with Crippen molar-refractivity contribution in [2.75, 3.05) is 0 Å². The van der Waals surface area contributed by atoms with Crippen LogP contribution in [0.15, 0.2) is 12.3 Å². The average molecular weight is 174 g/mol. The highest BCUT2D eigenvalue weighted by Crippen LogP contribution is 2.17. The zero-order chi connectivity index (χ0) is 8.85. The fourth-order valence-corrected chi connectivity index (χ4v) is 0.649. The summed E-state index contributed by atoms with van der Waals surface area (Å²) in [6.45, 7) is 5.71. The summed E-state index contributed by atoms with van der Waals surface area (Å²) in [5.74, 6) is 0.141. The summed E-state index contributed by atoms with van der Waals surface area (Å²) in [6.07, 6.45) is 1.50. The second-order valence-corrected chi connectivity index (χ2v) is 2.19. The number of hydrogen-bond donors (Lipinski definition) is 1. The van der Waals surface area contributed by atoms with Gasteiger partial charge in [-0.2, -0.15) is 0 Å². The lowest BCUT2D eigenvalue weighted by Gasteiger charge is -1.94. The summed E-state index contributed by atoms with van der Waals surface area (Å²) in [5.41, 5.74) is 0.597. The molecule has 0 saturated heterocycles. The van der Waals surface area contributed by atoms with Crippen LogP contribution in [-0.4, -0.2) is 10.1 Å². The molecule has 0 bridgehead atoms. The van der Waals surface area contributed by atoms with Crippen molar-refractivity contribution in [3.8, 4) is 5.75 Å². The minimum atomic E-state index is 0.141. The highest BCUT2D eigenvalue weighted by molar-refractivity contribution is 6.30. The molecule has 0 fully saturated rings. The van der Waals surface area contributed by atoms with Crippen LogP contribution in [0, 0.1) is 6.92 Å². The molecule has 0 radical (unpaired) electrons. The zero-order valence-electron chi connectivity index (χ0n) is 6.93. The first kappa shape index (κ1) is 10.2. The SMILES string of the molecule is CC.Cc1ncc(Cl)cc1O. The fraction of sp³-hybridized carbons (Fsp3) is 0.375. The highest BCUT2D eigenvalue weighted by Gasteiger charge is 1.94. The summed E-state index contributed by atoms with van der Waals surface area (Å²) in [4.78, 5) is 3.80. The molecule has 1 N–H and O–H groups in total. The topological polar surface area (TPSA) is 33.1 Å². The Labute approximate surface area is 71.8 Å². The maximum atomic E-state index is 8.95. The lowest BCUT2D eigenvalue weighted by atomic mass is 10.3. The minimum Gasteiger partial charge on any atom is -0.506 e. The second-order valence-electron chi connectivity index (χ2n) is 1.76. The molecule has 1 heterocycles. The molecular formula is C8H12ClNO. The monoisotopic (exact) mass is 173 g/mol.